The highest BCUT2D eigenvalue weighted by Crippen LogP contribution is 2.17. The molecule has 0 bridgehead atoms. The van der Waals surface area contributed by atoms with Gasteiger partial charge < -0.3 is 0 Å². The number of rotatable bonds is 2. The van der Waals surface area contributed by atoms with E-state index < -0.39 is 0 Å². The number of hydrogen-bond acceptors (Lipinski definition) is 2. The highest BCUT2D eigenvalue weighted by atomic mass is 32.2. The van der Waals surface area contributed by atoms with Crippen LogP contribution in [0.25, 0.3) is 0 Å². The highest BCUT2D eigenvalue weighted by Gasteiger charge is 1.92. The number of thioether (sulfide) groups is 1. The predicted octanol–water partition coefficient (Wildman–Crippen LogP) is 2.92. The smallest absolute Gasteiger partial charge is 0.0276 e. The molecular weight excluding hydrogens is 148 g/mol. The Morgan fingerprint density at radius 2 is 2.44 bits per heavy atom. The van der Waals surface area contributed by atoms with Gasteiger partial charge in [0.15, 0.2) is 0 Å². The second kappa shape index (κ2) is 3.28. The third kappa shape index (κ3) is 2.03. The molecule has 0 nitrogen and oxygen atoms in total. The third-order valence-electron chi connectivity index (χ3n) is 1.07. The van der Waals surface area contributed by atoms with E-state index in [2.05, 4.69) is 24.6 Å². The number of thiophene rings is 1. The van der Waals surface area contributed by atoms with Gasteiger partial charge in [-0.1, -0.05) is 0 Å². The summed E-state index contributed by atoms with van der Waals surface area (Å²) in [7, 11) is 0. The molecule has 50 valence electrons. The van der Waals surface area contributed by atoms with Crippen LogP contribution in [0.3, 0.4) is 0 Å². The topological polar surface area (TPSA) is 0 Å². The van der Waals surface area contributed by atoms with Gasteiger partial charge in [-0.25, -0.2) is 0 Å². The summed E-state index contributed by atoms with van der Waals surface area (Å²) < 4.78 is 0. The van der Waals surface area contributed by atoms with Gasteiger partial charge in [0.25, 0.3) is 0 Å². The summed E-state index contributed by atoms with van der Waals surface area (Å²) in [5.74, 6) is 1.17. The van der Waals surface area contributed by atoms with Gasteiger partial charge in [0.05, 0.1) is 0 Å². The van der Waals surface area contributed by atoms with Gasteiger partial charge in [0.1, 0.15) is 0 Å². The highest BCUT2D eigenvalue weighted by molar-refractivity contribution is 7.97. The molecule has 0 unspecified atom stereocenters. The maximum absolute atomic E-state index is 2.25. The molecule has 0 aliphatic rings. The number of hydrogen-bond donors (Lipinski definition) is 0. The lowest BCUT2D eigenvalue weighted by Gasteiger charge is -1.86. The molecule has 0 fully saturated rings. The second-order valence-electron chi connectivity index (χ2n) is 2.02. The zero-order chi connectivity index (χ0) is 6.69. The van der Waals surface area contributed by atoms with E-state index in [1.165, 1.54) is 16.2 Å². The Hall–Kier alpha value is 0.0500. The van der Waals surface area contributed by atoms with Crippen LogP contribution in [0.1, 0.15) is 10.4 Å². The van der Waals surface area contributed by atoms with E-state index in [4.69, 9.17) is 0 Å². The van der Waals surface area contributed by atoms with E-state index >= 15 is 0 Å². The first-order valence-corrected chi connectivity index (χ1v) is 5.13. The fourth-order valence-corrected chi connectivity index (χ4v) is 2.36. The van der Waals surface area contributed by atoms with Crippen molar-refractivity contribution in [1.82, 2.24) is 0 Å². The van der Waals surface area contributed by atoms with Gasteiger partial charge in [-0.2, -0.15) is 11.8 Å². The van der Waals surface area contributed by atoms with Crippen LogP contribution in [0.5, 0.6) is 0 Å². The molecule has 0 aliphatic carbocycles. The summed E-state index contributed by atoms with van der Waals surface area (Å²) in [5.41, 5.74) is 1.39. The number of aryl methyl sites for hydroxylation is 1. The fraction of sp³-hybridized carbons (Fsp3) is 0.429. The van der Waals surface area contributed by atoms with Gasteiger partial charge in [-0.15, -0.1) is 11.3 Å². The molecule has 1 aromatic heterocycles. The first kappa shape index (κ1) is 7.16. The van der Waals surface area contributed by atoms with E-state index in [0.29, 0.717) is 0 Å². The minimum Gasteiger partial charge on any atom is -0.160 e. The minimum absolute atomic E-state index is 1.17. The maximum Gasteiger partial charge on any atom is 0.0276 e. The van der Waals surface area contributed by atoms with E-state index in [1.54, 1.807) is 0 Å². The lowest BCUT2D eigenvalue weighted by Crippen LogP contribution is -1.67. The average molecular weight is 158 g/mol. The molecule has 0 N–H and O–H groups in total. The van der Waals surface area contributed by atoms with E-state index in [0.717, 1.165) is 0 Å². The van der Waals surface area contributed by atoms with Crippen molar-refractivity contribution in [3.63, 3.8) is 0 Å². The average Bonchev–Trinajstić information content (AvgIpc) is 2.17. The van der Waals surface area contributed by atoms with Crippen LogP contribution in [-0.4, -0.2) is 6.26 Å². The van der Waals surface area contributed by atoms with Crippen molar-refractivity contribution in [2.24, 2.45) is 0 Å². The van der Waals surface area contributed by atoms with Crippen LogP contribution < -0.4 is 0 Å². The zero-order valence-electron chi connectivity index (χ0n) is 5.68. The summed E-state index contributed by atoms with van der Waals surface area (Å²) >= 11 is 3.73. The Bertz CT molecular complexity index is 179. The fourth-order valence-electron chi connectivity index (χ4n) is 0.709. The quantitative estimate of drug-likeness (QED) is 0.637. The molecule has 1 aromatic rings. The minimum atomic E-state index is 1.17. The van der Waals surface area contributed by atoms with Crippen molar-refractivity contribution in [1.29, 1.82) is 0 Å². The molecule has 9 heavy (non-hydrogen) atoms. The Morgan fingerprint density at radius 1 is 1.67 bits per heavy atom. The van der Waals surface area contributed by atoms with Gasteiger partial charge in [0, 0.05) is 10.6 Å². The lowest BCUT2D eigenvalue weighted by atomic mass is 10.4. The van der Waals surface area contributed by atoms with Gasteiger partial charge in [-0.3, -0.25) is 0 Å². The molecule has 1 rings (SSSR count). The molecule has 2 heteroatoms. The van der Waals surface area contributed by atoms with Crippen molar-refractivity contribution >= 4 is 23.1 Å². The van der Waals surface area contributed by atoms with Crippen molar-refractivity contribution < 1.29 is 0 Å². The van der Waals surface area contributed by atoms with Crippen LogP contribution in [0.15, 0.2) is 11.4 Å². The van der Waals surface area contributed by atoms with Gasteiger partial charge in [0.2, 0.25) is 0 Å². The summed E-state index contributed by atoms with van der Waals surface area (Å²) in [4.78, 5) is 1.49. The molecule has 0 aromatic carbocycles. The summed E-state index contributed by atoms with van der Waals surface area (Å²) in [6, 6.07) is 2.25. The van der Waals surface area contributed by atoms with E-state index in [9.17, 15) is 0 Å². The van der Waals surface area contributed by atoms with Gasteiger partial charge in [-0.05, 0) is 30.2 Å². The van der Waals surface area contributed by atoms with Crippen LogP contribution in [-0.2, 0) is 5.75 Å². The molecule has 0 saturated heterocycles. The van der Waals surface area contributed by atoms with Crippen LogP contribution in [0.4, 0.5) is 0 Å². The van der Waals surface area contributed by atoms with Crippen molar-refractivity contribution in [3.05, 3.63) is 21.9 Å². The molecule has 0 aliphatic heterocycles. The monoisotopic (exact) mass is 158 g/mol. The van der Waals surface area contributed by atoms with Crippen LogP contribution in [0.2, 0.25) is 0 Å². The van der Waals surface area contributed by atoms with Crippen LogP contribution >= 0.6 is 23.1 Å². The van der Waals surface area contributed by atoms with Gasteiger partial charge >= 0.3 is 0 Å². The Labute approximate surface area is 64.3 Å². The lowest BCUT2D eigenvalue weighted by molar-refractivity contribution is 1.48. The first-order valence-electron chi connectivity index (χ1n) is 2.86. The first-order chi connectivity index (χ1) is 4.33. The van der Waals surface area contributed by atoms with Crippen molar-refractivity contribution in [3.8, 4) is 0 Å². The molecule has 0 amide bonds. The Morgan fingerprint density at radius 3 is 2.89 bits per heavy atom. The molecular formula is C7H10S2. The zero-order valence-corrected chi connectivity index (χ0v) is 7.31. The largest absolute Gasteiger partial charge is 0.160 e. The van der Waals surface area contributed by atoms with Crippen molar-refractivity contribution in [2.45, 2.75) is 12.7 Å². The molecule has 1 heterocycles. The molecule has 0 spiro atoms. The summed E-state index contributed by atoms with van der Waals surface area (Å²) in [6.45, 7) is 2.14. The standard InChI is InChI=1S/C7H10S2/c1-6-3-7(5-8-2)9-4-6/h3-4H,5H2,1-2H3. The SMILES string of the molecule is CSCc1cc(C)cs1. The van der Waals surface area contributed by atoms with E-state index in [1.807, 2.05) is 23.1 Å². The molecule has 0 saturated carbocycles. The third-order valence-corrected chi connectivity index (χ3v) is 2.91. The maximum atomic E-state index is 2.25. The Balaban J connectivity index is 2.61. The molecule has 0 atom stereocenters. The summed E-state index contributed by atoms with van der Waals surface area (Å²) in [6.07, 6.45) is 2.13. The van der Waals surface area contributed by atoms with Crippen molar-refractivity contribution in [2.75, 3.05) is 6.26 Å². The summed E-state index contributed by atoms with van der Waals surface area (Å²) in [5, 5.41) is 2.20. The normalized spacial score (nSPS) is 10.0. The second-order valence-corrected chi connectivity index (χ2v) is 3.89. The Kier molecular flexibility index (Phi) is 2.61. The molecule has 0 radical (unpaired) electrons. The van der Waals surface area contributed by atoms with E-state index in [-0.39, 0.29) is 0 Å². The predicted molar refractivity (Wildman–Crippen MR) is 46.3 cm³/mol. The van der Waals surface area contributed by atoms with Crippen LogP contribution in [0, 0.1) is 6.92 Å².